The second-order valence-corrected chi connectivity index (χ2v) is 31.0. The fourth-order valence-corrected chi connectivity index (χ4v) is 15.8. The number of halogens is 3. The van der Waals surface area contributed by atoms with Crippen molar-refractivity contribution >= 4 is 74.7 Å². The Morgan fingerprint density at radius 1 is 0.756 bits per heavy atom. The number of nitrogens with one attached hydrogen (secondary N) is 2. The van der Waals surface area contributed by atoms with E-state index in [2.05, 4.69) is 53.9 Å². The molecular formula is C64H78F3N5O14S4. The quantitative estimate of drug-likeness (QED) is 0.0169. The van der Waals surface area contributed by atoms with Crippen molar-refractivity contribution in [3.8, 4) is 5.75 Å². The summed E-state index contributed by atoms with van der Waals surface area (Å²) in [5, 5.41) is 20.3. The number of hydrogen-bond donors (Lipinski definition) is 5. The molecule has 4 aromatic rings. The number of sulfonamides is 1. The Morgan fingerprint density at radius 2 is 1.39 bits per heavy atom. The molecule has 1 amide bonds. The van der Waals surface area contributed by atoms with E-state index in [4.69, 9.17) is 9.88 Å². The van der Waals surface area contributed by atoms with Crippen molar-refractivity contribution in [1.29, 1.82) is 0 Å². The molecule has 2 heterocycles. The van der Waals surface area contributed by atoms with Crippen molar-refractivity contribution < 1.29 is 80.0 Å². The number of ether oxygens (including phenoxy) is 1. The lowest BCUT2D eigenvalue weighted by Crippen LogP contribution is -2.42. The molecule has 0 aromatic heterocycles. The molecular weight excluding hydrogens is 1250 g/mol. The number of sulfone groups is 1. The number of aliphatic carboxylic acids is 1. The summed E-state index contributed by atoms with van der Waals surface area (Å²) in [6, 6.07) is 20.0. The lowest BCUT2D eigenvalue weighted by molar-refractivity contribution is -0.438. The average molecular weight is 1330 g/mol. The van der Waals surface area contributed by atoms with Crippen molar-refractivity contribution in [2.75, 3.05) is 40.6 Å². The minimum atomic E-state index is -5.26. The van der Waals surface area contributed by atoms with E-state index in [1.54, 1.807) is 24.3 Å². The van der Waals surface area contributed by atoms with E-state index in [9.17, 15) is 57.5 Å². The summed E-state index contributed by atoms with van der Waals surface area (Å²) in [6.07, 6.45) is 14.5. The number of hydrogen-bond acceptors (Lipinski definition) is 14. The lowest BCUT2D eigenvalue weighted by Gasteiger charge is -2.28. The second-order valence-electron chi connectivity index (χ2n) is 24.4. The first-order valence-corrected chi connectivity index (χ1v) is 36.5. The van der Waals surface area contributed by atoms with Gasteiger partial charge in [0, 0.05) is 72.1 Å². The van der Waals surface area contributed by atoms with Crippen LogP contribution in [-0.4, -0.2) is 112 Å². The van der Waals surface area contributed by atoms with Gasteiger partial charge in [0.1, 0.15) is 29.0 Å². The van der Waals surface area contributed by atoms with E-state index in [1.807, 2.05) is 66.8 Å². The maximum absolute atomic E-state index is 16.0. The van der Waals surface area contributed by atoms with Crippen LogP contribution in [0.4, 0.5) is 30.2 Å². The molecule has 1 saturated carbocycles. The van der Waals surface area contributed by atoms with Crippen LogP contribution in [0.1, 0.15) is 141 Å². The van der Waals surface area contributed by atoms with Crippen LogP contribution in [0.5, 0.6) is 5.75 Å². The molecule has 2 aliphatic carbocycles. The first-order valence-electron chi connectivity index (χ1n) is 30.1. The van der Waals surface area contributed by atoms with E-state index in [1.165, 1.54) is 0 Å². The fraction of sp³-hybridized carbons (Fsp3) is 0.453. The van der Waals surface area contributed by atoms with Gasteiger partial charge >= 0.3 is 5.97 Å². The molecule has 0 unspecified atom stereocenters. The monoisotopic (exact) mass is 1330 g/mol. The van der Waals surface area contributed by atoms with Crippen molar-refractivity contribution in [3.63, 3.8) is 0 Å². The van der Waals surface area contributed by atoms with E-state index in [0.717, 1.165) is 70.7 Å². The Bertz CT molecular complexity index is 4030. The smallest absolute Gasteiger partial charge is 0.326 e. The van der Waals surface area contributed by atoms with Gasteiger partial charge in [0.25, 0.3) is 10.1 Å². The molecule has 2 aliphatic heterocycles. The van der Waals surface area contributed by atoms with Crippen LogP contribution in [0.15, 0.2) is 129 Å². The topological polar surface area (TPSA) is 300 Å². The number of fused-ring (bicyclic) bond motifs is 2. The number of unbranched alkanes of at least 4 members (excludes halogenated alkanes) is 2. The third-order valence-electron chi connectivity index (χ3n) is 17.1. The number of carbonyl (C=O) groups excluding carboxylic acids is 1. The second kappa shape index (κ2) is 28.5. The highest BCUT2D eigenvalue weighted by atomic mass is 32.2. The van der Waals surface area contributed by atoms with Crippen LogP contribution < -0.4 is 25.4 Å². The SMILES string of the molecule is CC1(C)C(/C=C/C2=C(Oc3ccc(C[C@H](NC(=O)CCS(=O)(=O)c4c(F)c(F)c(S(N)(=O)=O)c(F)c4NC4CCCCCCC4)C(=O)O)cc3)C(=C/C=C3/N(CCCCS(=O)(=O)[O-])c4ccccc4C3(C)C)/CCC2)=[N+](CCCCS(=O)(=O)O)c2ccccc21. The summed E-state index contributed by atoms with van der Waals surface area (Å²) in [6.45, 7) is 9.32. The molecule has 4 aromatic carbocycles. The molecule has 1 atom stereocenters. The first-order chi connectivity index (χ1) is 42.3. The molecule has 19 nitrogen and oxygen atoms in total. The maximum Gasteiger partial charge on any atom is 0.326 e. The van der Waals surface area contributed by atoms with Gasteiger partial charge in [-0.3, -0.25) is 9.35 Å². The number of anilines is 2. The number of para-hydroxylation sites is 2. The largest absolute Gasteiger partial charge is 0.748 e. The zero-order chi connectivity index (χ0) is 65.6. The van der Waals surface area contributed by atoms with Gasteiger partial charge in [-0.2, -0.15) is 13.0 Å². The molecule has 4 aliphatic rings. The van der Waals surface area contributed by atoms with E-state index >= 15 is 13.2 Å². The summed E-state index contributed by atoms with van der Waals surface area (Å²) in [5.74, 6) is -10.3. The van der Waals surface area contributed by atoms with Crippen LogP contribution in [0.25, 0.3) is 0 Å². The van der Waals surface area contributed by atoms with E-state index in [-0.39, 0.29) is 25.0 Å². The van der Waals surface area contributed by atoms with Gasteiger partial charge in [-0.25, -0.2) is 48.4 Å². The summed E-state index contributed by atoms with van der Waals surface area (Å²) >= 11 is 0. The average Bonchev–Trinajstić information content (AvgIpc) is 1.28. The van der Waals surface area contributed by atoms with E-state index in [0.29, 0.717) is 81.5 Å². The number of primary sulfonamides is 1. The molecule has 0 spiro atoms. The fourth-order valence-electron chi connectivity index (χ4n) is 12.5. The van der Waals surface area contributed by atoms with Gasteiger partial charge in [-0.1, -0.05) is 101 Å². The van der Waals surface area contributed by atoms with Crippen molar-refractivity contribution in [2.45, 2.75) is 163 Å². The molecule has 6 N–H and O–H groups in total. The number of rotatable bonds is 26. The number of carbonyl (C=O) groups is 2. The highest BCUT2D eigenvalue weighted by Crippen LogP contribution is 2.48. The first kappa shape index (κ1) is 69.2. The highest BCUT2D eigenvalue weighted by molar-refractivity contribution is 7.91. The number of benzene rings is 4. The van der Waals surface area contributed by atoms with Gasteiger partial charge in [-0.05, 0) is 118 Å². The van der Waals surface area contributed by atoms with Gasteiger partial charge in [-0.15, -0.1) is 0 Å². The van der Waals surface area contributed by atoms with Crippen molar-refractivity contribution in [3.05, 3.63) is 154 Å². The van der Waals surface area contributed by atoms with Crippen molar-refractivity contribution in [1.82, 2.24) is 5.32 Å². The Hall–Kier alpha value is -6.68. The standard InChI is InChI=1S/C64H78F3N5O14S4/c1-63(2)47-23-10-12-25-50(47)71(36-14-16-38-88(78,79)80)52(63)33-29-43-19-18-20-44(30-34-53-64(3,4)48-24-11-13-26-51(48)72(53)37-15-17-39-89(81,82)83)59(43)86-46-31-27-42(28-32-46)41-49(62(74)75)70-54(73)35-40-87(76,77)61-56(66)55(65)60(90(68,84)85)57(67)58(61)69-45-21-8-6-5-7-9-22-45/h10-13,23-34,45,49,69H,5-9,14-22,35-41H2,1-4H3,(H5-,68,70,73,74,75,78,79,80,81,82,83,84,85)/t49-/m0/s1. The normalized spacial score (nSPS) is 18.6. The molecule has 0 radical (unpaired) electrons. The third kappa shape index (κ3) is 16.7. The van der Waals surface area contributed by atoms with Crippen LogP contribution >= 0.6 is 0 Å². The molecule has 26 heteroatoms. The summed E-state index contributed by atoms with van der Waals surface area (Å²) in [4.78, 5) is 24.9. The predicted molar refractivity (Wildman–Crippen MR) is 336 cm³/mol. The zero-order valence-corrected chi connectivity index (χ0v) is 54.0. The molecule has 8 rings (SSSR count). The predicted octanol–water partition coefficient (Wildman–Crippen LogP) is 10.3. The number of allylic oxidation sites excluding steroid dienone is 7. The van der Waals surface area contributed by atoms with Gasteiger partial charge < -0.3 is 29.9 Å². The number of amides is 1. The number of carboxylic acids is 1. The Labute approximate surface area is 525 Å². The third-order valence-corrected chi connectivity index (χ3v) is 21.4. The Balaban J connectivity index is 1.08. The maximum atomic E-state index is 16.0. The van der Waals surface area contributed by atoms with Crippen LogP contribution in [-0.2, 0) is 66.9 Å². The highest BCUT2D eigenvalue weighted by Gasteiger charge is 2.45. The summed E-state index contributed by atoms with van der Waals surface area (Å²) in [7, 11) is -19.0. The van der Waals surface area contributed by atoms with Gasteiger partial charge in [0.15, 0.2) is 37.9 Å². The van der Waals surface area contributed by atoms with Crippen molar-refractivity contribution in [2.24, 2.45) is 5.14 Å². The Morgan fingerprint density at radius 3 is 2.04 bits per heavy atom. The lowest BCUT2D eigenvalue weighted by atomic mass is 9.81. The summed E-state index contributed by atoms with van der Waals surface area (Å²) < 4.78 is 176. The van der Waals surface area contributed by atoms with Gasteiger partial charge in [0.05, 0.1) is 32.7 Å². The minimum Gasteiger partial charge on any atom is -0.748 e. The molecule has 488 valence electrons. The minimum absolute atomic E-state index is 0.179. The van der Waals surface area contributed by atoms with Gasteiger partial charge in [0.2, 0.25) is 21.6 Å². The summed E-state index contributed by atoms with van der Waals surface area (Å²) in [5.41, 5.74) is 5.85. The molecule has 0 saturated heterocycles. The number of carboxylic acid groups (broad SMARTS) is 1. The number of nitrogens with zero attached hydrogens (tertiary/aromatic N) is 2. The zero-order valence-electron chi connectivity index (χ0n) is 50.8. The Kier molecular flexibility index (Phi) is 21.9. The van der Waals surface area contributed by atoms with Crippen LogP contribution in [0.3, 0.4) is 0 Å². The molecule has 1 fully saturated rings. The molecule has 90 heavy (non-hydrogen) atoms. The molecule has 0 bridgehead atoms. The number of nitrogens with two attached hydrogens (primary N) is 1. The van der Waals surface area contributed by atoms with E-state index < -0.39 is 126 Å². The van der Waals surface area contributed by atoms with Crippen LogP contribution in [0.2, 0.25) is 0 Å². The van der Waals surface area contributed by atoms with Crippen LogP contribution in [0, 0.1) is 17.5 Å².